The number of rotatable bonds is 4. The maximum absolute atomic E-state index is 7.81. The molecule has 0 saturated heterocycles. The fraction of sp³-hybridized carbons (Fsp3) is 0.294. The molecule has 0 atom stereocenters. The SMILES string of the molecule is Cc1cc(N(C)Cc2ccccc2C)c(C(=N)N)c(C)n1. The van der Waals surface area contributed by atoms with Gasteiger partial charge in [0.15, 0.2) is 0 Å². The fourth-order valence-electron chi connectivity index (χ4n) is 2.57. The highest BCUT2D eigenvalue weighted by atomic mass is 15.1. The lowest BCUT2D eigenvalue weighted by Crippen LogP contribution is -2.24. The van der Waals surface area contributed by atoms with Gasteiger partial charge in [0, 0.05) is 19.3 Å². The number of nitrogens with one attached hydrogen (secondary N) is 1. The van der Waals surface area contributed by atoms with Crippen LogP contribution < -0.4 is 10.6 Å². The summed E-state index contributed by atoms with van der Waals surface area (Å²) in [6.45, 7) is 6.74. The van der Waals surface area contributed by atoms with Crippen molar-refractivity contribution in [3.8, 4) is 0 Å². The van der Waals surface area contributed by atoms with E-state index in [4.69, 9.17) is 11.1 Å². The highest BCUT2D eigenvalue weighted by molar-refractivity contribution is 6.01. The van der Waals surface area contributed by atoms with Crippen LogP contribution in [0.2, 0.25) is 0 Å². The number of aryl methyl sites for hydroxylation is 3. The van der Waals surface area contributed by atoms with Gasteiger partial charge in [-0.25, -0.2) is 0 Å². The number of amidine groups is 1. The molecule has 0 aliphatic rings. The molecular formula is C17H22N4. The Morgan fingerprint density at radius 1 is 1.24 bits per heavy atom. The number of nitrogens with two attached hydrogens (primary N) is 1. The van der Waals surface area contributed by atoms with Crippen molar-refractivity contribution in [2.75, 3.05) is 11.9 Å². The van der Waals surface area contributed by atoms with Crippen molar-refractivity contribution in [3.63, 3.8) is 0 Å². The number of aromatic nitrogens is 1. The molecular weight excluding hydrogens is 260 g/mol. The summed E-state index contributed by atoms with van der Waals surface area (Å²) in [5.41, 5.74) is 11.7. The van der Waals surface area contributed by atoms with Gasteiger partial charge in [-0.15, -0.1) is 0 Å². The van der Waals surface area contributed by atoms with Crippen LogP contribution in [0.3, 0.4) is 0 Å². The molecule has 0 spiro atoms. The zero-order chi connectivity index (χ0) is 15.6. The van der Waals surface area contributed by atoms with Crippen molar-refractivity contribution in [2.24, 2.45) is 5.73 Å². The van der Waals surface area contributed by atoms with E-state index >= 15 is 0 Å². The van der Waals surface area contributed by atoms with Crippen molar-refractivity contribution in [2.45, 2.75) is 27.3 Å². The highest BCUT2D eigenvalue weighted by Gasteiger charge is 2.15. The molecule has 4 nitrogen and oxygen atoms in total. The highest BCUT2D eigenvalue weighted by Crippen LogP contribution is 2.24. The average molecular weight is 282 g/mol. The first-order chi connectivity index (χ1) is 9.90. The van der Waals surface area contributed by atoms with Crippen molar-refractivity contribution < 1.29 is 0 Å². The van der Waals surface area contributed by atoms with E-state index in [0.29, 0.717) is 0 Å². The largest absolute Gasteiger partial charge is 0.384 e. The summed E-state index contributed by atoms with van der Waals surface area (Å²) >= 11 is 0. The minimum absolute atomic E-state index is 0.0617. The molecule has 0 aliphatic carbocycles. The first-order valence-corrected chi connectivity index (χ1v) is 6.98. The van der Waals surface area contributed by atoms with E-state index in [2.05, 4.69) is 28.9 Å². The van der Waals surface area contributed by atoms with Crippen molar-refractivity contribution in [3.05, 3.63) is 58.4 Å². The molecule has 110 valence electrons. The zero-order valence-corrected chi connectivity index (χ0v) is 13.1. The maximum atomic E-state index is 7.81. The Morgan fingerprint density at radius 2 is 1.90 bits per heavy atom. The molecule has 0 amide bonds. The molecule has 0 aliphatic heterocycles. The summed E-state index contributed by atoms with van der Waals surface area (Å²) in [4.78, 5) is 6.54. The van der Waals surface area contributed by atoms with Crippen LogP contribution >= 0.6 is 0 Å². The van der Waals surface area contributed by atoms with E-state index in [1.807, 2.05) is 39.1 Å². The first-order valence-electron chi connectivity index (χ1n) is 6.98. The van der Waals surface area contributed by atoms with Gasteiger partial charge in [0.2, 0.25) is 0 Å². The van der Waals surface area contributed by atoms with Gasteiger partial charge in [0.1, 0.15) is 5.84 Å². The third-order valence-electron chi connectivity index (χ3n) is 3.66. The van der Waals surface area contributed by atoms with E-state index in [1.165, 1.54) is 11.1 Å². The Balaban J connectivity index is 2.41. The molecule has 2 rings (SSSR count). The summed E-state index contributed by atoms with van der Waals surface area (Å²) in [6.07, 6.45) is 0. The van der Waals surface area contributed by atoms with E-state index in [9.17, 15) is 0 Å². The molecule has 1 aromatic heterocycles. The second-order valence-corrected chi connectivity index (χ2v) is 5.44. The second-order valence-electron chi connectivity index (χ2n) is 5.44. The normalized spacial score (nSPS) is 10.5. The van der Waals surface area contributed by atoms with Crippen LogP contribution in [0.15, 0.2) is 30.3 Å². The van der Waals surface area contributed by atoms with E-state index in [-0.39, 0.29) is 5.84 Å². The topological polar surface area (TPSA) is 66.0 Å². The molecule has 0 unspecified atom stereocenters. The summed E-state index contributed by atoms with van der Waals surface area (Å²) in [5, 5.41) is 7.81. The van der Waals surface area contributed by atoms with Gasteiger partial charge < -0.3 is 10.6 Å². The Bertz CT molecular complexity index is 676. The lowest BCUT2D eigenvalue weighted by molar-refractivity contribution is 0.904. The minimum Gasteiger partial charge on any atom is -0.384 e. The maximum Gasteiger partial charge on any atom is 0.126 e. The predicted octanol–water partition coefficient (Wildman–Crippen LogP) is 2.93. The molecule has 0 bridgehead atoms. The van der Waals surface area contributed by atoms with Crippen LogP contribution in [0.1, 0.15) is 28.1 Å². The van der Waals surface area contributed by atoms with Gasteiger partial charge >= 0.3 is 0 Å². The van der Waals surface area contributed by atoms with Crippen molar-refractivity contribution in [1.29, 1.82) is 5.41 Å². The number of hydrogen-bond acceptors (Lipinski definition) is 3. The Hall–Kier alpha value is -2.36. The number of nitrogen functional groups attached to an aromatic ring is 1. The summed E-state index contributed by atoms with van der Waals surface area (Å²) in [5.74, 6) is 0.0617. The molecule has 0 saturated carbocycles. The summed E-state index contributed by atoms with van der Waals surface area (Å²) < 4.78 is 0. The molecule has 3 N–H and O–H groups in total. The van der Waals surface area contributed by atoms with Gasteiger partial charge in [-0.3, -0.25) is 10.4 Å². The van der Waals surface area contributed by atoms with Crippen LogP contribution in [0.4, 0.5) is 5.69 Å². The van der Waals surface area contributed by atoms with Gasteiger partial charge in [-0.2, -0.15) is 0 Å². The smallest absolute Gasteiger partial charge is 0.126 e. The van der Waals surface area contributed by atoms with Gasteiger partial charge in [0.05, 0.1) is 16.9 Å². The molecule has 4 heteroatoms. The van der Waals surface area contributed by atoms with E-state index in [1.54, 1.807) is 0 Å². The van der Waals surface area contributed by atoms with Crippen LogP contribution in [0.25, 0.3) is 0 Å². The average Bonchev–Trinajstić information content (AvgIpc) is 2.39. The number of pyridine rings is 1. The predicted molar refractivity (Wildman–Crippen MR) is 88.0 cm³/mol. The Labute approximate surface area is 126 Å². The molecule has 21 heavy (non-hydrogen) atoms. The number of nitrogens with zero attached hydrogens (tertiary/aromatic N) is 2. The second kappa shape index (κ2) is 5.95. The van der Waals surface area contributed by atoms with Crippen molar-refractivity contribution in [1.82, 2.24) is 4.98 Å². The van der Waals surface area contributed by atoms with Crippen LogP contribution in [-0.2, 0) is 6.54 Å². The molecule has 1 heterocycles. The van der Waals surface area contributed by atoms with Crippen LogP contribution in [0, 0.1) is 26.2 Å². The molecule has 1 aromatic carbocycles. The minimum atomic E-state index is 0.0617. The third kappa shape index (κ3) is 3.21. The quantitative estimate of drug-likeness (QED) is 0.669. The first kappa shape index (κ1) is 15.0. The lowest BCUT2D eigenvalue weighted by Gasteiger charge is -2.24. The zero-order valence-electron chi connectivity index (χ0n) is 13.1. The summed E-state index contributed by atoms with van der Waals surface area (Å²) in [7, 11) is 2.02. The van der Waals surface area contributed by atoms with Crippen molar-refractivity contribution >= 4 is 11.5 Å². The number of anilines is 1. The van der Waals surface area contributed by atoms with Crippen LogP contribution in [-0.4, -0.2) is 17.9 Å². The summed E-state index contributed by atoms with van der Waals surface area (Å²) in [6, 6.07) is 10.3. The van der Waals surface area contributed by atoms with Gasteiger partial charge in [-0.1, -0.05) is 24.3 Å². The standard InChI is InChI=1S/C17H22N4/c1-11-7-5-6-8-14(11)10-21(4)15-9-12(2)20-13(3)16(15)17(18)19/h5-9H,10H2,1-4H3,(H3,18,19). The fourth-order valence-corrected chi connectivity index (χ4v) is 2.57. The third-order valence-corrected chi connectivity index (χ3v) is 3.66. The molecule has 0 fully saturated rings. The molecule has 0 radical (unpaired) electrons. The van der Waals surface area contributed by atoms with Gasteiger partial charge in [0.25, 0.3) is 0 Å². The van der Waals surface area contributed by atoms with Crippen LogP contribution in [0.5, 0.6) is 0 Å². The number of benzene rings is 1. The number of hydrogen-bond donors (Lipinski definition) is 2. The van der Waals surface area contributed by atoms with E-state index in [0.717, 1.165) is 29.2 Å². The monoisotopic (exact) mass is 282 g/mol. The van der Waals surface area contributed by atoms with E-state index < -0.39 is 0 Å². The Kier molecular flexibility index (Phi) is 4.26. The Morgan fingerprint density at radius 3 is 2.52 bits per heavy atom. The van der Waals surface area contributed by atoms with Gasteiger partial charge in [-0.05, 0) is 38.0 Å². The molecule has 2 aromatic rings. The lowest BCUT2D eigenvalue weighted by atomic mass is 10.1.